The molecule has 1 aromatic carbocycles. The Morgan fingerprint density at radius 1 is 1.07 bits per heavy atom. The molecule has 3 rings (SSSR count). The van der Waals surface area contributed by atoms with Crippen LogP contribution >= 0.6 is 0 Å². The minimum atomic E-state index is -0.307. The largest absolute Gasteiger partial charge is 0.467 e. The summed E-state index contributed by atoms with van der Waals surface area (Å²) in [6.45, 7) is 6.46. The second-order valence-corrected chi connectivity index (χ2v) is 6.73. The highest BCUT2D eigenvalue weighted by Crippen LogP contribution is 2.15. The lowest BCUT2D eigenvalue weighted by Gasteiger charge is -2.08. The Morgan fingerprint density at radius 3 is 2.50 bits per heavy atom. The summed E-state index contributed by atoms with van der Waals surface area (Å²) in [4.78, 5) is 24.5. The zero-order chi connectivity index (χ0) is 20.1. The first-order chi connectivity index (χ1) is 13.4. The molecular weight excluding hydrogens is 356 g/mol. The third-order valence-corrected chi connectivity index (χ3v) is 4.51. The third kappa shape index (κ3) is 4.68. The van der Waals surface area contributed by atoms with Gasteiger partial charge in [-0.2, -0.15) is 5.10 Å². The minimum absolute atomic E-state index is 0.110. The number of aromatic nitrogens is 2. The number of carbonyl (C=O) groups excluding carboxylic acids is 2. The molecule has 2 aromatic heterocycles. The summed E-state index contributed by atoms with van der Waals surface area (Å²) in [5.41, 5.74) is 4.22. The number of nitrogens with one attached hydrogen (secondary N) is 2. The number of hydrogen-bond donors (Lipinski definition) is 2. The van der Waals surface area contributed by atoms with Crippen LogP contribution in [0.15, 0.2) is 47.1 Å². The maximum absolute atomic E-state index is 12.6. The van der Waals surface area contributed by atoms with Gasteiger partial charge in [-0.15, -0.1) is 0 Å². The quantitative estimate of drug-likeness (QED) is 0.659. The Hall–Kier alpha value is -3.35. The monoisotopic (exact) mass is 380 g/mol. The predicted octanol–water partition coefficient (Wildman–Crippen LogP) is 2.50. The maximum Gasteiger partial charge on any atom is 0.255 e. The molecule has 0 atom stereocenters. The van der Waals surface area contributed by atoms with Crippen molar-refractivity contribution < 1.29 is 14.0 Å². The van der Waals surface area contributed by atoms with E-state index in [0.29, 0.717) is 23.6 Å². The van der Waals surface area contributed by atoms with Gasteiger partial charge in [-0.1, -0.05) is 29.8 Å². The molecule has 0 bridgehead atoms. The first-order valence-corrected chi connectivity index (χ1v) is 9.11. The lowest BCUT2D eigenvalue weighted by molar-refractivity contribution is -0.120. The SMILES string of the molecule is Cc1ccc(Cn2nc(C)c(C(=O)NCC(=O)NCc3ccco3)c2C)cc1. The molecule has 7 heteroatoms. The fourth-order valence-corrected chi connectivity index (χ4v) is 2.96. The number of carbonyl (C=O) groups is 2. The van der Waals surface area contributed by atoms with Crippen LogP contribution in [0.5, 0.6) is 0 Å². The topological polar surface area (TPSA) is 89.2 Å². The molecule has 3 aromatic rings. The van der Waals surface area contributed by atoms with Gasteiger partial charge in [0.25, 0.3) is 5.91 Å². The van der Waals surface area contributed by atoms with Gasteiger partial charge < -0.3 is 15.1 Å². The smallest absolute Gasteiger partial charge is 0.255 e. The van der Waals surface area contributed by atoms with Gasteiger partial charge >= 0.3 is 0 Å². The van der Waals surface area contributed by atoms with E-state index in [2.05, 4.69) is 40.0 Å². The van der Waals surface area contributed by atoms with Gasteiger partial charge in [0.05, 0.1) is 37.2 Å². The van der Waals surface area contributed by atoms with Crippen molar-refractivity contribution in [3.05, 3.63) is 76.5 Å². The van der Waals surface area contributed by atoms with Crippen LogP contribution in [0.3, 0.4) is 0 Å². The number of benzene rings is 1. The van der Waals surface area contributed by atoms with Crippen molar-refractivity contribution in [2.24, 2.45) is 0 Å². The first-order valence-electron chi connectivity index (χ1n) is 9.11. The number of furan rings is 1. The predicted molar refractivity (Wildman–Crippen MR) is 105 cm³/mol. The molecule has 0 fully saturated rings. The van der Waals surface area contributed by atoms with Gasteiger partial charge in [0.1, 0.15) is 5.76 Å². The van der Waals surface area contributed by atoms with Gasteiger partial charge in [0.2, 0.25) is 5.91 Å². The molecule has 2 N–H and O–H groups in total. The Bertz CT molecular complexity index is 956. The Labute approximate surface area is 163 Å². The molecule has 2 amide bonds. The summed E-state index contributed by atoms with van der Waals surface area (Å²) in [5.74, 6) is 0.0640. The van der Waals surface area contributed by atoms with Crippen molar-refractivity contribution in [3.63, 3.8) is 0 Å². The lowest BCUT2D eigenvalue weighted by atomic mass is 10.1. The molecule has 0 unspecified atom stereocenters. The molecule has 0 saturated heterocycles. The van der Waals surface area contributed by atoms with E-state index < -0.39 is 0 Å². The summed E-state index contributed by atoms with van der Waals surface area (Å²) in [6.07, 6.45) is 1.54. The number of rotatable bonds is 7. The zero-order valence-corrected chi connectivity index (χ0v) is 16.3. The molecule has 0 spiro atoms. The molecule has 0 radical (unpaired) electrons. The lowest BCUT2D eigenvalue weighted by Crippen LogP contribution is -2.36. The summed E-state index contributed by atoms with van der Waals surface area (Å²) < 4.78 is 6.97. The second-order valence-electron chi connectivity index (χ2n) is 6.73. The van der Waals surface area contributed by atoms with E-state index in [4.69, 9.17) is 4.42 Å². The standard InChI is InChI=1S/C21H24N4O3/c1-14-6-8-17(9-7-14)13-25-16(3)20(15(2)24-25)21(27)23-12-19(26)22-11-18-5-4-10-28-18/h4-10H,11-13H2,1-3H3,(H,22,26)(H,23,27). The fourth-order valence-electron chi connectivity index (χ4n) is 2.96. The zero-order valence-electron chi connectivity index (χ0n) is 16.3. The molecule has 0 saturated carbocycles. The van der Waals surface area contributed by atoms with Crippen molar-refractivity contribution in [2.45, 2.75) is 33.9 Å². The van der Waals surface area contributed by atoms with Crippen LogP contribution in [-0.4, -0.2) is 28.1 Å². The van der Waals surface area contributed by atoms with Crippen LogP contribution in [0.1, 0.15) is 38.6 Å². The molecule has 0 aliphatic rings. The van der Waals surface area contributed by atoms with Crippen molar-refractivity contribution >= 4 is 11.8 Å². The Balaban J connectivity index is 1.59. The highest BCUT2D eigenvalue weighted by molar-refractivity contribution is 5.98. The summed E-state index contributed by atoms with van der Waals surface area (Å²) in [5, 5.41) is 9.84. The van der Waals surface area contributed by atoms with E-state index in [1.165, 1.54) is 5.56 Å². The van der Waals surface area contributed by atoms with Crippen molar-refractivity contribution in [3.8, 4) is 0 Å². The summed E-state index contributed by atoms with van der Waals surface area (Å²) in [6, 6.07) is 11.7. The van der Waals surface area contributed by atoms with Crippen LogP contribution in [0.2, 0.25) is 0 Å². The highest BCUT2D eigenvalue weighted by Gasteiger charge is 2.19. The maximum atomic E-state index is 12.6. The van der Waals surface area contributed by atoms with Gasteiger partial charge in [0, 0.05) is 5.69 Å². The van der Waals surface area contributed by atoms with Gasteiger partial charge in [-0.05, 0) is 38.5 Å². The molecule has 28 heavy (non-hydrogen) atoms. The van der Waals surface area contributed by atoms with Crippen LogP contribution in [-0.2, 0) is 17.9 Å². The van der Waals surface area contributed by atoms with Gasteiger partial charge in [-0.3, -0.25) is 14.3 Å². The molecule has 146 valence electrons. The Kier molecular flexibility index (Phi) is 5.93. The normalized spacial score (nSPS) is 10.7. The van der Waals surface area contributed by atoms with E-state index in [-0.39, 0.29) is 24.9 Å². The number of amides is 2. The molecule has 7 nitrogen and oxygen atoms in total. The van der Waals surface area contributed by atoms with E-state index in [1.807, 2.05) is 18.5 Å². The fraction of sp³-hybridized carbons (Fsp3) is 0.286. The van der Waals surface area contributed by atoms with E-state index in [9.17, 15) is 9.59 Å². The van der Waals surface area contributed by atoms with Crippen LogP contribution < -0.4 is 10.6 Å². The highest BCUT2D eigenvalue weighted by atomic mass is 16.3. The van der Waals surface area contributed by atoms with Crippen molar-refractivity contribution in [1.82, 2.24) is 20.4 Å². The van der Waals surface area contributed by atoms with Crippen molar-refractivity contribution in [1.29, 1.82) is 0 Å². The molecule has 2 heterocycles. The Morgan fingerprint density at radius 2 is 1.82 bits per heavy atom. The van der Waals surface area contributed by atoms with E-state index >= 15 is 0 Å². The van der Waals surface area contributed by atoms with Crippen molar-refractivity contribution in [2.75, 3.05) is 6.54 Å². The number of hydrogen-bond acceptors (Lipinski definition) is 4. The number of aryl methyl sites for hydroxylation is 2. The first kappa shape index (κ1) is 19.4. The molecule has 0 aliphatic heterocycles. The molecular formula is C21H24N4O3. The minimum Gasteiger partial charge on any atom is -0.467 e. The average molecular weight is 380 g/mol. The van der Waals surface area contributed by atoms with E-state index in [0.717, 1.165) is 11.3 Å². The average Bonchev–Trinajstić information content (AvgIpc) is 3.28. The van der Waals surface area contributed by atoms with E-state index in [1.54, 1.807) is 25.3 Å². The van der Waals surface area contributed by atoms with Crippen LogP contribution in [0.4, 0.5) is 0 Å². The third-order valence-electron chi connectivity index (χ3n) is 4.51. The van der Waals surface area contributed by atoms with Crippen LogP contribution in [0.25, 0.3) is 0 Å². The summed E-state index contributed by atoms with van der Waals surface area (Å²) >= 11 is 0. The number of nitrogens with zero attached hydrogens (tertiary/aromatic N) is 2. The van der Waals surface area contributed by atoms with Gasteiger partial charge in [-0.25, -0.2) is 0 Å². The van der Waals surface area contributed by atoms with Crippen LogP contribution in [0, 0.1) is 20.8 Å². The second kappa shape index (κ2) is 8.56. The summed E-state index contributed by atoms with van der Waals surface area (Å²) in [7, 11) is 0. The van der Waals surface area contributed by atoms with Gasteiger partial charge in [0.15, 0.2) is 0 Å². The molecule has 0 aliphatic carbocycles.